The maximum Gasteiger partial charge on any atom is 0.241 e. The van der Waals surface area contributed by atoms with E-state index in [2.05, 4.69) is 23.6 Å². The molecule has 3 aromatic rings. The highest BCUT2D eigenvalue weighted by Crippen LogP contribution is 2.37. The lowest BCUT2D eigenvalue weighted by molar-refractivity contribution is 0.468. The van der Waals surface area contributed by atoms with Gasteiger partial charge in [0, 0.05) is 24.5 Å². The molecule has 0 amide bonds. The molecule has 6 nitrogen and oxygen atoms in total. The van der Waals surface area contributed by atoms with Crippen LogP contribution in [-0.2, 0) is 23.1 Å². The van der Waals surface area contributed by atoms with Gasteiger partial charge in [-0.3, -0.25) is 0 Å². The first-order chi connectivity index (χ1) is 14.5. The SMILES string of the molecule is CCCCNc1cc(CNCc2cccs2)cc(S(N)(=O)=O)c1Oc1ccccc1. The molecule has 3 rings (SSSR count). The Kier molecular flexibility index (Phi) is 7.87. The molecule has 8 heteroatoms. The van der Waals surface area contributed by atoms with E-state index in [0.717, 1.165) is 18.4 Å². The molecule has 0 aliphatic heterocycles. The summed E-state index contributed by atoms with van der Waals surface area (Å²) in [5, 5.41) is 14.3. The maximum atomic E-state index is 12.4. The van der Waals surface area contributed by atoms with Gasteiger partial charge in [0.05, 0.1) is 5.69 Å². The molecule has 0 atom stereocenters. The topological polar surface area (TPSA) is 93.5 Å². The molecule has 160 valence electrons. The predicted octanol–water partition coefficient (Wildman–Crippen LogP) is 4.69. The Bertz CT molecular complexity index is 1040. The summed E-state index contributed by atoms with van der Waals surface area (Å²) < 4.78 is 30.8. The minimum Gasteiger partial charge on any atom is -0.454 e. The second-order valence-electron chi connectivity index (χ2n) is 6.89. The maximum absolute atomic E-state index is 12.4. The Labute approximate surface area is 182 Å². The number of unbranched alkanes of at least 4 members (excludes halogenated alkanes) is 1. The van der Waals surface area contributed by atoms with Gasteiger partial charge in [-0.05, 0) is 47.7 Å². The molecule has 0 saturated carbocycles. The van der Waals surface area contributed by atoms with E-state index >= 15 is 0 Å². The van der Waals surface area contributed by atoms with E-state index in [1.54, 1.807) is 29.5 Å². The molecule has 0 aliphatic carbocycles. The Morgan fingerprint density at radius 1 is 1.07 bits per heavy atom. The van der Waals surface area contributed by atoms with E-state index in [4.69, 9.17) is 9.88 Å². The molecule has 0 fully saturated rings. The van der Waals surface area contributed by atoms with Crippen LogP contribution in [0.3, 0.4) is 0 Å². The third-order valence-corrected chi connectivity index (χ3v) is 6.23. The highest BCUT2D eigenvalue weighted by atomic mass is 32.2. The lowest BCUT2D eigenvalue weighted by Crippen LogP contribution is -2.17. The summed E-state index contributed by atoms with van der Waals surface area (Å²) in [6, 6.07) is 16.7. The van der Waals surface area contributed by atoms with Crippen LogP contribution in [0, 0.1) is 0 Å². The standard InChI is InChI=1S/C22H27N3O3S2/c1-2-3-11-25-20-13-17(15-24-16-19-10-7-12-29-19)14-21(30(23,26)27)22(20)28-18-8-5-4-6-9-18/h4-10,12-14,24-25H,2-3,11,15-16H2,1H3,(H2,23,26,27). The zero-order chi connectivity index (χ0) is 21.4. The van der Waals surface area contributed by atoms with Gasteiger partial charge in [-0.15, -0.1) is 11.3 Å². The molecular weight excluding hydrogens is 418 g/mol. The minimum atomic E-state index is -3.99. The zero-order valence-electron chi connectivity index (χ0n) is 16.9. The van der Waals surface area contributed by atoms with Crippen LogP contribution < -0.4 is 20.5 Å². The number of primary sulfonamides is 1. The van der Waals surface area contributed by atoms with Crippen molar-refractivity contribution in [2.45, 2.75) is 37.8 Å². The molecular formula is C22H27N3O3S2. The first kappa shape index (κ1) is 22.3. The van der Waals surface area contributed by atoms with Gasteiger partial charge >= 0.3 is 0 Å². The summed E-state index contributed by atoms with van der Waals surface area (Å²) in [4.78, 5) is 1.19. The van der Waals surface area contributed by atoms with Gasteiger partial charge in [0.25, 0.3) is 0 Å². The predicted molar refractivity (Wildman–Crippen MR) is 123 cm³/mol. The van der Waals surface area contributed by atoms with E-state index in [1.165, 1.54) is 4.88 Å². The number of ether oxygens (including phenoxy) is 1. The lowest BCUT2D eigenvalue weighted by atomic mass is 10.1. The van der Waals surface area contributed by atoms with Crippen molar-refractivity contribution in [2.75, 3.05) is 11.9 Å². The van der Waals surface area contributed by atoms with E-state index in [9.17, 15) is 8.42 Å². The molecule has 30 heavy (non-hydrogen) atoms. The summed E-state index contributed by atoms with van der Waals surface area (Å²) in [7, 11) is -3.99. The van der Waals surface area contributed by atoms with Crippen molar-refractivity contribution in [1.82, 2.24) is 5.32 Å². The van der Waals surface area contributed by atoms with Crippen LogP contribution in [0.15, 0.2) is 64.9 Å². The lowest BCUT2D eigenvalue weighted by Gasteiger charge is -2.18. The molecule has 0 bridgehead atoms. The highest BCUT2D eigenvalue weighted by Gasteiger charge is 2.21. The Morgan fingerprint density at radius 2 is 1.87 bits per heavy atom. The highest BCUT2D eigenvalue weighted by molar-refractivity contribution is 7.89. The first-order valence-corrected chi connectivity index (χ1v) is 12.3. The van der Waals surface area contributed by atoms with E-state index in [1.807, 2.05) is 35.7 Å². The van der Waals surface area contributed by atoms with Crippen molar-refractivity contribution in [2.24, 2.45) is 5.14 Å². The normalized spacial score (nSPS) is 11.4. The minimum absolute atomic E-state index is 0.0271. The molecule has 0 radical (unpaired) electrons. The summed E-state index contributed by atoms with van der Waals surface area (Å²) in [5.41, 5.74) is 1.43. The summed E-state index contributed by atoms with van der Waals surface area (Å²) in [6.45, 7) is 4.03. The van der Waals surface area contributed by atoms with E-state index < -0.39 is 10.0 Å². The number of sulfonamides is 1. The van der Waals surface area contributed by atoms with E-state index in [-0.39, 0.29) is 10.6 Å². The third kappa shape index (κ3) is 6.30. The van der Waals surface area contributed by atoms with Crippen molar-refractivity contribution in [3.8, 4) is 11.5 Å². The number of benzene rings is 2. The van der Waals surface area contributed by atoms with Crippen molar-refractivity contribution >= 4 is 27.0 Å². The Hall–Kier alpha value is -2.39. The molecule has 1 heterocycles. The fraction of sp³-hybridized carbons (Fsp3) is 0.273. The molecule has 0 spiro atoms. The number of anilines is 1. The zero-order valence-corrected chi connectivity index (χ0v) is 18.6. The molecule has 2 aromatic carbocycles. The smallest absolute Gasteiger partial charge is 0.241 e. The van der Waals surface area contributed by atoms with Crippen LogP contribution in [0.2, 0.25) is 0 Å². The van der Waals surface area contributed by atoms with Crippen LogP contribution in [0.1, 0.15) is 30.2 Å². The monoisotopic (exact) mass is 445 g/mol. The van der Waals surface area contributed by atoms with Gasteiger partial charge in [-0.1, -0.05) is 37.6 Å². The van der Waals surface area contributed by atoms with Crippen molar-refractivity contribution in [1.29, 1.82) is 0 Å². The number of nitrogens with two attached hydrogens (primary N) is 1. The van der Waals surface area contributed by atoms with E-state index in [0.29, 0.717) is 31.1 Å². The van der Waals surface area contributed by atoms with Gasteiger partial charge in [0.1, 0.15) is 10.6 Å². The molecule has 0 saturated heterocycles. The van der Waals surface area contributed by atoms with Gasteiger partial charge in [0.2, 0.25) is 10.0 Å². The Morgan fingerprint density at radius 3 is 2.53 bits per heavy atom. The summed E-state index contributed by atoms with van der Waals surface area (Å²) in [5.74, 6) is 0.770. The quantitative estimate of drug-likeness (QED) is 0.372. The van der Waals surface area contributed by atoms with Gasteiger partial charge in [-0.2, -0.15) is 0 Å². The van der Waals surface area contributed by atoms with Crippen molar-refractivity contribution in [3.05, 3.63) is 70.4 Å². The number of hydrogen-bond donors (Lipinski definition) is 3. The second kappa shape index (κ2) is 10.6. The number of rotatable bonds is 11. The molecule has 0 unspecified atom stereocenters. The van der Waals surface area contributed by atoms with Crippen LogP contribution in [0.5, 0.6) is 11.5 Å². The third-order valence-electron chi connectivity index (χ3n) is 4.44. The second-order valence-corrected chi connectivity index (χ2v) is 9.46. The molecule has 1 aromatic heterocycles. The average Bonchev–Trinajstić information content (AvgIpc) is 3.23. The largest absolute Gasteiger partial charge is 0.454 e. The number of nitrogens with one attached hydrogen (secondary N) is 2. The fourth-order valence-electron chi connectivity index (χ4n) is 2.96. The van der Waals surface area contributed by atoms with Crippen LogP contribution in [0.25, 0.3) is 0 Å². The van der Waals surface area contributed by atoms with Crippen molar-refractivity contribution < 1.29 is 13.2 Å². The number of hydrogen-bond acceptors (Lipinski definition) is 6. The average molecular weight is 446 g/mol. The van der Waals surface area contributed by atoms with Gasteiger partial charge < -0.3 is 15.4 Å². The van der Waals surface area contributed by atoms with Crippen molar-refractivity contribution in [3.63, 3.8) is 0 Å². The van der Waals surface area contributed by atoms with Crippen LogP contribution in [-0.4, -0.2) is 15.0 Å². The summed E-state index contributed by atoms with van der Waals surface area (Å²) >= 11 is 1.68. The fourth-order valence-corrected chi connectivity index (χ4v) is 4.36. The van der Waals surface area contributed by atoms with Crippen LogP contribution >= 0.6 is 11.3 Å². The molecule has 0 aliphatic rings. The first-order valence-electron chi connectivity index (χ1n) is 9.87. The van der Waals surface area contributed by atoms with Gasteiger partial charge in [-0.25, -0.2) is 13.6 Å². The molecule has 4 N–H and O–H groups in total. The summed E-state index contributed by atoms with van der Waals surface area (Å²) in [6.07, 6.45) is 1.97. The Balaban J connectivity index is 1.92. The number of thiophene rings is 1. The van der Waals surface area contributed by atoms with Gasteiger partial charge in [0.15, 0.2) is 5.75 Å². The number of para-hydroxylation sites is 1. The van der Waals surface area contributed by atoms with Crippen LogP contribution in [0.4, 0.5) is 5.69 Å².